The first-order valence-electron chi connectivity index (χ1n) is 30.7. The van der Waals surface area contributed by atoms with Gasteiger partial charge in [0.2, 0.25) is 5.69 Å². The highest BCUT2D eigenvalue weighted by atomic mass is 32.2. The molecule has 2 N–H and O–H groups in total. The number of carbonyl (C=O) groups is 3. The molecular formula is C64H100N3O21S2+. The lowest BCUT2D eigenvalue weighted by atomic mass is 9.76. The van der Waals surface area contributed by atoms with Crippen LogP contribution >= 0.6 is 24.1 Å². The van der Waals surface area contributed by atoms with E-state index in [4.69, 9.17) is 75.9 Å². The van der Waals surface area contributed by atoms with Crippen molar-refractivity contribution in [2.45, 2.75) is 66.6 Å². The van der Waals surface area contributed by atoms with Crippen LogP contribution in [-0.2, 0) is 101 Å². The molecule has 2 atom stereocenters. The zero-order valence-corrected chi connectivity index (χ0v) is 55.4. The maximum Gasteiger partial charge on any atom is 0.334 e. The van der Waals surface area contributed by atoms with E-state index in [2.05, 4.69) is 53.7 Å². The largest absolute Gasteiger partial charge is 0.382 e. The topological polar surface area (TPSA) is 249 Å². The number of amides is 1. The summed E-state index contributed by atoms with van der Waals surface area (Å²) in [6, 6.07) is 12.0. The first-order chi connectivity index (χ1) is 44.0. The molecule has 4 rings (SSSR count). The third-order valence-corrected chi connectivity index (χ3v) is 15.5. The van der Waals surface area contributed by atoms with Gasteiger partial charge in [-0.3, -0.25) is 4.79 Å². The average molecular weight is 1310 g/mol. The number of hydrogen-bond acceptors (Lipinski definition) is 24. The smallest absolute Gasteiger partial charge is 0.334 e. The summed E-state index contributed by atoms with van der Waals surface area (Å²) in [6.07, 6.45) is 12.3. The van der Waals surface area contributed by atoms with Gasteiger partial charge in [0.1, 0.15) is 12.9 Å². The van der Waals surface area contributed by atoms with Crippen molar-refractivity contribution < 1.29 is 104 Å². The molecular weight excluding hydrogens is 1210 g/mol. The van der Waals surface area contributed by atoms with E-state index in [1.165, 1.54) is 7.05 Å². The number of fused-ring (bicyclic) bond motifs is 2. The second-order valence-corrected chi connectivity index (χ2v) is 22.1. The van der Waals surface area contributed by atoms with Crippen LogP contribution in [0.2, 0.25) is 0 Å². The van der Waals surface area contributed by atoms with Crippen molar-refractivity contribution in [3.8, 4) is 0 Å². The number of hydroxylamine groups is 2. The fourth-order valence-corrected chi connectivity index (χ4v) is 10.3. The third kappa shape index (κ3) is 29.0. The SMILES string of the molecule is COCCOCCOCCOCCN1C(=CC=CC=CC2=[N+](CCOCCOCCOCCC(=O)ON(C)C(=O)CCC=O)c3ccc(SO)cc3C2(C)CCOCCOCCOCCOC)C(C)(CCOCCOCCOCCOC)c2cc(SO)ccc21. The molecule has 24 nitrogen and oxygen atoms in total. The Morgan fingerprint density at radius 2 is 0.978 bits per heavy atom. The molecule has 90 heavy (non-hydrogen) atoms. The van der Waals surface area contributed by atoms with Gasteiger partial charge in [0.25, 0.3) is 5.91 Å². The van der Waals surface area contributed by atoms with Crippen molar-refractivity contribution in [1.82, 2.24) is 5.06 Å². The van der Waals surface area contributed by atoms with Crippen LogP contribution in [0.1, 0.15) is 57.1 Å². The van der Waals surface area contributed by atoms with Crippen molar-refractivity contribution in [2.24, 2.45) is 0 Å². The summed E-state index contributed by atoms with van der Waals surface area (Å²) in [6.45, 7) is 16.8. The van der Waals surface area contributed by atoms with Crippen LogP contribution in [0.4, 0.5) is 11.4 Å². The number of nitrogens with zero attached hydrogens (tertiary/aromatic N) is 3. The van der Waals surface area contributed by atoms with E-state index in [0.717, 1.165) is 55.9 Å². The number of ether oxygens (including phenoxy) is 15. The Kier molecular flexibility index (Phi) is 42.1. The summed E-state index contributed by atoms with van der Waals surface area (Å²) in [7, 11) is 6.24. The second kappa shape index (κ2) is 48.5. The van der Waals surface area contributed by atoms with E-state index in [9.17, 15) is 23.5 Å². The molecule has 2 heterocycles. The number of allylic oxidation sites excluding steroid dienone is 6. The van der Waals surface area contributed by atoms with E-state index < -0.39 is 22.7 Å². The Balaban J connectivity index is 1.53. The first-order valence-corrected chi connectivity index (χ1v) is 32.3. The molecule has 26 heteroatoms. The molecule has 2 aliphatic rings. The zero-order chi connectivity index (χ0) is 64.8. The van der Waals surface area contributed by atoms with E-state index in [0.29, 0.717) is 208 Å². The minimum Gasteiger partial charge on any atom is -0.382 e. The van der Waals surface area contributed by atoms with E-state index >= 15 is 0 Å². The van der Waals surface area contributed by atoms with Gasteiger partial charge in [-0.25, -0.2) is 4.79 Å². The Morgan fingerprint density at radius 3 is 1.48 bits per heavy atom. The highest BCUT2D eigenvalue weighted by Gasteiger charge is 2.48. The fourth-order valence-electron chi connectivity index (χ4n) is 9.75. The molecule has 0 spiro atoms. The summed E-state index contributed by atoms with van der Waals surface area (Å²) in [5.41, 5.74) is 5.11. The van der Waals surface area contributed by atoms with Gasteiger partial charge in [0.05, 0.1) is 170 Å². The molecule has 508 valence electrons. The molecule has 0 bridgehead atoms. The molecule has 0 fully saturated rings. The van der Waals surface area contributed by atoms with Gasteiger partial charge in [-0.15, -0.1) is 0 Å². The van der Waals surface area contributed by atoms with Gasteiger partial charge in [0, 0.05) is 129 Å². The number of benzene rings is 2. The molecule has 0 radical (unpaired) electrons. The molecule has 0 saturated carbocycles. The summed E-state index contributed by atoms with van der Waals surface area (Å²) in [4.78, 5) is 43.3. The predicted octanol–water partition coefficient (Wildman–Crippen LogP) is 7.15. The van der Waals surface area contributed by atoms with Crippen LogP contribution in [0.5, 0.6) is 0 Å². The number of rotatable bonds is 56. The maximum atomic E-state index is 12.1. The normalized spacial score (nSPS) is 16.8. The number of hydrogen-bond donors (Lipinski definition) is 2. The molecule has 0 saturated heterocycles. The van der Waals surface area contributed by atoms with Crippen LogP contribution in [0.3, 0.4) is 0 Å². The lowest BCUT2D eigenvalue weighted by Crippen LogP contribution is -2.33. The summed E-state index contributed by atoms with van der Waals surface area (Å²) in [5, 5.41) is 0.830. The molecule has 2 aliphatic heterocycles. The fraction of sp³-hybridized carbons (Fsp3) is 0.656. The molecule has 0 aliphatic carbocycles. The van der Waals surface area contributed by atoms with Gasteiger partial charge in [-0.05, 0) is 68.7 Å². The van der Waals surface area contributed by atoms with Crippen LogP contribution in [0.15, 0.2) is 82.3 Å². The standard InChI is InChI=1S/C64H99N3O21S2/c1-63(19-25-77-36-41-85-48-45-81-32-29-73-4)55-51-53(89-71)14-16-57(55)66(21-27-79-38-43-84-40-35-76-24-18-62(70)88-65(3)61(69)13-10-23-68)59(63)11-8-7-9-12-60-64(2,20-26-78-37-42-86-49-46-82-33-30-74-5)56-52-54(90-72)15-17-58(56)67(60)22-28-80-39-44-87-50-47-83-34-31-75-6/h7-9,11-12,14-17,23,51-52H,10,13,18-22,24-50H2,1-6H3,(H-,71,72)/p+1. The van der Waals surface area contributed by atoms with E-state index in [1.807, 2.05) is 36.4 Å². The van der Waals surface area contributed by atoms with Gasteiger partial charge in [0.15, 0.2) is 12.3 Å². The Morgan fingerprint density at radius 1 is 0.533 bits per heavy atom. The van der Waals surface area contributed by atoms with E-state index in [-0.39, 0.29) is 39.1 Å². The predicted molar refractivity (Wildman–Crippen MR) is 342 cm³/mol. The maximum absolute atomic E-state index is 12.1. The molecule has 0 aromatic heterocycles. The highest BCUT2D eigenvalue weighted by molar-refractivity contribution is 7.94. The molecule has 2 unspecified atom stereocenters. The molecule has 2 aromatic carbocycles. The van der Waals surface area contributed by atoms with Crippen LogP contribution < -0.4 is 4.90 Å². The summed E-state index contributed by atoms with van der Waals surface area (Å²) >= 11 is 1.43. The average Bonchev–Trinajstić information content (AvgIpc) is 1.61. The van der Waals surface area contributed by atoms with Crippen molar-refractivity contribution in [1.29, 1.82) is 0 Å². The zero-order valence-electron chi connectivity index (χ0n) is 53.8. The lowest BCUT2D eigenvalue weighted by molar-refractivity contribution is -0.442. The van der Waals surface area contributed by atoms with Gasteiger partial charge >= 0.3 is 5.97 Å². The Labute approximate surface area is 541 Å². The number of carbonyl (C=O) groups excluding carboxylic acids is 3. The molecule has 2 aromatic rings. The second-order valence-electron chi connectivity index (χ2n) is 20.8. The van der Waals surface area contributed by atoms with Gasteiger partial charge in [-0.1, -0.05) is 18.2 Å². The number of aldehydes is 1. The Bertz CT molecular complexity index is 2440. The minimum absolute atomic E-state index is 0.0426. The van der Waals surface area contributed by atoms with E-state index in [1.54, 1.807) is 21.3 Å². The van der Waals surface area contributed by atoms with Crippen LogP contribution in [-0.4, -0.2) is 262 Å². The van der Waals surface area contributed by atoms with Crippen LogP contribution in [0, 0.1) is 0 Å². The Hall–Kier alpha value is -4.24. The van der Waals surface area contributed by atoms with Crippen molar-refractivity contribution in [3.63, 3.8) is 0 Å². The molecule has 1 amide bonds. The lowest BCUT2D eigenvalue weighted by Gasteiger charge is -2.30. The van der Waals surface area contributed by atoms with Gasteiger partial charge in [-0.2, -0.15) is 9.64 Å². The number of methoxy groups -OCH3 is 3. The first kappa shape index (κ1) is 78.2. The van der Waals surface area contributed by atoms with Crippen LogP contribution in [0.25, 0.3) is 0 Å². The monoisotopic (exact) mass is 1310 g/mol. The summed E-state index contributed by atoms with van der Waals surface area (Å²) in [5.74, 6) is -1.10. The van der Waals surface area contributed by atoms with Crippen molar-refractivity contribution in [2.75, 3.05) is 225 Å². The number of anilines is 1. The third-order valence-electron chi connectivity index (χ3n) is 14.6. The minimum atomic E-state index is -0.628. The quantitative estimate of drug-likeness (QED) is 0.0167. The van der Waals surface area contributed by atoms with Gasteiger partial charge < -0.3 is 94.7 Å². The van der Waals surface area contributed by atoms with Crippen molar-refractivity contribution >= 4 is 59.3 Å². The van der Waals surface area contributed by atoms with Crippen molar-refractivity contribution in [3.05, 3.63) is 83.6 Å². The summed E-state index contributed by atoms with van der Waals surface area (Å²) < 4.78 is 108. The highest BCUT2D eigenvalue weighted by Crippen LogP contribution is 2.51.